The number of ether oxygens (including phenoxy) is 4. The summed E-state index contributed by atoms with van der Waals surface area (Å²) in [5, 5.41) is 23.0. The monoisotopic (exact) mass is 536 g/mol. The fourth-order valence-corrected chi connectivity index (χ4v) is 8.69. The third kappa shape index (κ3) is 3.15. The molecule has 0 aromatic rings. The van der Waals surface area contributed by atoms with Gasteiger partial charge in [0, 0.05) is 30.1 Å². The average Bonchev–Trinajstić information content (AvgIpc) is 3.11. The molecule has 12 atom stereocenters. The highest BCUT2D eigenvalue weighted by Crippen LogP contribution is 2.72. The first kappa shape index (κ1) is 27.2. The van der Waals surface area contributed by atoms with Gasteiger partial charge in [0.15, 0.2) is 5.78 Å². The predicted octanol–water partition coefficient (Wildman–Crippen LogP) is 0.503. The molecule has 2 aliphatic heterocycles. The Bertz CT molecular complexity index is 1120. The summed E-state index contributed by atoms with van der Waals surface area (Å²) >= 11 is 0. The summed E-state index contributed by atoms with van der Waals surface area (Å²) in [5.41, 5.74) is -5.78. The molecule has 1 spiro atoms. The molecular weight excluding hydrogens is 500 g/mol. The summed E-state index contributed by atoms with van der Waals surface area (Å²) in [4.78, 5) is 64.9. The summed E-state index contributed by atoms with van der Waals surface area (Å²) in [7, 11) is 0. The van der Waals surface area contributed by atoms with Gasteiger partial charge >= 0.3 is 17.9 Å². The maximum atomic E-state index is 13.6. The molecule has 5 aliphatic rings. The number of carbonyl (C=O) groups is 5. The van der Waals surface area contributed by atoms with Crippen LogP contribution in [0.1, 0.15) is 60.8 Å². The van der Waals surface area contributed by atoms with Crippen molar-refractivity contribution < 1.29 is 53.1 Å². The SMILES string of the molecule is CC[C@@](C)(OC(C)=O)C(=O)O[C@H]1C(=O)O[C@@H]2C[C@H]3C(C)CC(=O)C(=O)[C@]3(C)[C@H]3[C@@H](O)[C@H](O)[C@]4(C)OC[C@]32[C@@H]14. The molecule has 2 N–H and O–H groups in total. The van der Waals surface area contributed by atoms with Crippen molar-refractivity contribution in [2.24, 2.45) is 34.5 Å². The van der Waals surface area contributed by atoms with Gasteiger partial charge in [0.05, 0.1) is 18.6 Å². The Kier molecular flexibility index (Phi) is 5.95. The number of Topliss-reactive ketones (excluding diaryl/α,β-unsaturated/α-hetero) is 2. The first-order chi connectivity index (χ1) is 17.6. The maximum absolute atomic E-state index is 13.6. The molecule has 0 radical (unpaired) electrons. The molecular formula is C27H36O11. The van der Waals surface area contributed by atoms with Crippen molar-refractivity contribution in [3.05, 3.63) is 0 Å². The van der Waals surface area contributed by atoms with Crippen LogP contribution >= 0.6 is 0 Å². The summed E-state index contributed by atoms with van der Waals surface area (Å²) in [6.45, 7) is 9.14. The van der Waals surface area contributed by atoms with Crippen LogP contribution in [0.2, 0.25) is 0 Å². The van der Waals surface area contributed by atoms with Gasteiger partial charge in [0.25, 0.3) is 0 Å². The van der Waals surface area contributed by atoms with Gasteiger partial charge < -0.3 is 29.2 Å². The molecule has 38 heavy (non-hydrogen) atoms. The Morgan fingerprint density at radius 2 is 1.82 bits per heavy atom. The van der Waals surface area contributed by atoms with Crippen LogP contribution in [0.5, 0.6) is 0 Å². The van der Waals surface area contributed by atoms with Gasteiger partial charge in [-0.15, -0.1) is 0 Å². The van der Waals surface area contributed by atoms with Crippen LogP contribution in [0.25, 0.3) is 0 Å². The lowest BCUT2D eigenvalue weighted by atomic mass is 9.37. The van der Waals surface area contributed by atoms with E-state index in [9.17, 15) is 34.2 Å². The fraction of sp³-hybridized carbons (Fsp3) is 0.815. The van der Waals surface area contributed by atoms with E-state index in [1.54, 1.807) is 20.8 Å². The topological polar surface area (TPSA) is 163 Å². The lowest BCUT2D eigenvalue weighted by molar-refractivity contribution is -0.291. The quantitative estimate of drug-likeness (QED) is 0.292. The number of hydrogen-bond donors (Lipinski definition) is 2. The summed E-state index contributed by atoms with van der Waals surface area (Å²) in [6.07, 6.45) is -4.99. The summed E-state index contributed by atoms with van der Waals surface area (Å²) in [5.74, 6) is -6.26. The number of carbonyl (C=O) groups excluding carboxylic acids is 5. The molecule has 0 amide bonds. The number of fused-ring (bicyclic) bond motifs is 2. The molecule has 2 heterocycles. The van der Waals surface area contributed by atoms with Crippen molar-refractivity contribution in [3.8, 4) is 0 Å². The first-order valence-electron chi connectivity index (χ1n) is 13.3. The van der Waals surface area contributed by atoms with Crippen molar-refractivity contribution >= 4 is 29.5 Å². The second-order valence-electron chi connectivity index (χ2n) is 12.5. The van der Waals surface area contributed by atoms with Crippen LogP contribution in [0.3, 0.4) is 0 Å². The van der Waals surface area contributed by atoms with Crippen molar-refractivity contribution in [1.82, 2.24) is 0 Å². The van der Waals surface area contributed by atoms with E-state index >= 15 is 0 Å². The van der Waals surface area contributed by atoms with Gasteiger partial charge in [-0.1, -0.05) is 20.8 Å². The number of aliphatic hydroxyl groups excluding tert-OH is 2. The number of hydrogen-bond acceptors (Lipinski definition) is 11. The minimum atomic E-state index is -1.68. The van der Waals surface area contributed by atoms with Crippen molar-refractivity contribution in [2.45, 2.75) is 96.4 Å². The standard InChI is InChI=1S/C27H36O11/c1-7-24(4,38-12(3)28)23(34)37-17-19-26(6)21(32)16(30)18-25(5)13(11(2)8-14(29)20(25)31)9-15(36-22(17)33)27(18,19)10-35-26/h11,13,15-19,21,30,32H,7-10H2,1-6H3/t11?,13-,15+,16+,17+,18+,19-,21-,24+,25-,26+,27+/m0/s1. The third-order valence-corrected chi connectivity index (χ3v) is 10.6. The second-order valence-corrected chi connectivity index (χ2v) is 12.5. The van der Waals surface area contributed by atoms with E-state index in [2.05, 4.69) is 0 Å². The number of rotatable bonds is 4. The molecule has 5 fully saturated rings. The molecule has 1 unspecified atom stereocenters. The Balaban J connectivity index is 1.64. The van der Waals surface area contributed by atoms with Crippen LogP contribution < -0.4 is 0 Å². The largest absolute Gasteiger partial charge is 0.459 e. The van der Waals surface area contributed by atoms with Crippen LogP contribution in [0.15, 0.2) is 0 Å². The van der Waals surface area contributed by atoms with E-state index < -0.39 is 87.8 Å². The molecule has 2 bridgehead atoms. The van der Waals surface area contributed by atoms with Crippen LogP contribution in [-0.4, -0.2) is 81.9 Å². The Morgan fingerprint density at radius 1 is 1.16 bits per heavy atom. The van der Waals surface area contributed by atoms with Crippen LogP contribution in [0.4, 0.5) is 0 Å². The second kappa shape index (κ2) is 8.32. The fourth-order valence-electron chi connectivity index (χ4n) is 8.69. The highest BCUT2D eigenvalue weighted by atomic mass is 16.6. The van der Waals surface area contributed by atoms with Crippen LogP contribution in [0, 0.1) is 34.5 Å². The zero-order chi connectivity index (χ0) is 28.2. The van der Waals surface area contributed by atoms with E-state index in [1.165, 1.54) is 6.92 Å². The summed E-state index contributed by atoms with van der Waals surface area (Å²) in [6, 6.07) is 0. The number of esters is 3. The van der Waals surface area contributed by atoms with Gasteiger partial charge in [-0.2, -0.15) is 0 Å². The molecule has 0 aromatic heterocycles. The van der Waals surface area contributed by atoms with Gasteiger partial charge in [-0.3, -0.25) is 14.4 Å². The zero-order valence-corrected chi connectivity index (χ0v) is 22.5. The van der Waals surface area contributed by atoms with Crippen molar-refractivity contribution in [2.75, 3.05) is 6.61 Å². The van der Waals surface area contributed by atoms with Crippen molar-refractivity contribution in [3.63, 3.8) is 0 Å². The van der Waals surface area contributed by atoms with E-state index in [0.717, 1.165) is 6.92 Å². The zero-order valence-electron chi connectivity index (χ0n) is 22.5. The molecule has 11 nitrogen and oxygen atoms in total. The molecule has 3 aliphatic carbocycles. The molecule has 5 rings (SSSR count). The van der Waals surface area contributed by atoms with Gasteiger partial charge in [-0.05, 0) is 38.5 Å². The minimum absolute atomic E-state index is 0.0573. The molecule has 210 valence electrons. The lowest BCUT2D eigenvalue weighted by Gasteiger charge is -2.67. The van der Waals surface area contributed by atoms with E-state index in [0.29, 0.717) is 0 Å². The molecule has 3 saturated carbocycles. The van der Waals surface area contributed by atoms with E-state index in [-0.39, 0.29) is 37.7 Å². The molecule has 0 aromatic carbocycles. The normalized spacial score (nSPS) is 48.8. The summed E-state index contributed by atoms with van der Waals surface area (Å²) < 4.78 is 23.1. The van der Waals surface area contributed by atoms with E-state index in [4.69, 9.17) is 18.9 Å². The third-order valence-electron chi connectivity index (χ3n) is 10.6. The van der Waals surface area contributed by atoms with Crippen molar-refractivity contribution in [1.29, 1.82) is 0 Å². The Morgan fingerprint density at radius 3 is 2.42 bits per heavy atom. The van der Waals surface area contributed by atoms with Crippen LogP contribution in [-0.2, 0) is 42.9 Å². The first-order valence-corrected chi connectivity index (χ1v) is 13.3. The molecule has 2 saturated heterocycles. The number of ketones is 2. The Hall–Kier alpha value is -2.37. The predicted molar refractivity (Wildman–Crippen MR) is 126 cm³/mol. The van der Waals surface area contributed by atoms with Gasteiger partial charge in [0.2, 0.25) is 17.5 Å². The van der Waals surface area contributed by atoms with Gasteiger partial charge in [-0.25, -0.2) is 9.59 Å². The molecule has 11 heteroatoms. The average molecular weight is 537 g/mol. The van der Waals surface area contributed by atoms with Gasteiger partial charge in [0.1, 0.15) is 17.8 Å². The number of aliphatic hydroxyl groups is 2. The Labute approximate surface area is 220 Å². The maximum Gasteiger partial charge on any atom is 0.351 e. The highest BCUT2D eigenvalue weighted by molar-refractivity contribution is 6.40. The highest BCUT2D eigenvalue weighted by Gasteiger charge is 2.83. The lowest BCUT2D eigenvalue weighted by Crippen LogP contribution is -2.79. The smallest absolute Gasteiger partial charge is 0.351 e. The minimum Gasteiger partial charge on any atom is -0.459 e. The van der Waals surface area contributed by atoms with E-state index in [1.807, 2.05) is 6.92 Å².